The number of unbranched alkanes of at least 4 members (excludes halogenated alkanes) is 30. The molecular weight excluding hydrogens is 641 g/mol. The molecule has 0 aliphatic heterocycles. The Morgan fingerprint density at radius 2 is 0.654 bits per heavy atom. The Kier molecular flexibility index (Phi) is 37.4. The molecule has 0 bridgehead atoms. The molecule has 0 unspecified atom stereocenters. The second-order valence-corrected chi connectivity index (χ2v) is 17.2. The molecule has 4 heteroatoms. The van der Waals surface area contributed by atoms with Crippen LogP contribution in [0.1, 0.15) is 266 Å². The largest absolute Gasteiger partial charge is 0.466 e. The van der Waals surface area contributed by atoms with E-state index in [4.69, 9.17) is 9.47 Å². The molecule has 0 rings (SSSR count). The molecule has 0 fully saturated rings. The zero-order chi connectivity index (χ0) is 38.4. The molecule has 0 aliphatic carbocycles. The third kappa shape index (κ3) is 29.3. The summed E-state index contributed by atoms with van der Waals surface area (Å²) in [5.74, 6) is 0.128. The van der Waals surface area contributed by atoms with Gasteiger partial charge in [-0.05, 0) is 37.5 Å². The lowest BCUT2D eigenvalue weighted by molar-refractivity contribution is -0.164. The average Bonchev–Trinajstić information content (AvgIpc) is 3.12. The van der Waals surface area contributed by atoms with Crippen LogP contribution in [0.15, 0.2) is 0 Å². The third-order valence-electron chi connectivity index (χ3n) is 11.9. The second kappa shape index (κ2) is 38.2. The molecule has 0 N–H and O–H groups in total. The Morgan fingerprint density at radius 3 is 0.942 bits per heavy atom. The predicted octanol–water partition coefficient (Wildman–Crippen LogP) is 16.1. The van der Waals surface area contributed by atoms with E-state index in [-0.39, 0.29) is 23.8 Å². The van der Waals surface area contributed by atoms with Gasteiger partial charge in [0.05, 0.1) is 18.6 Å². The number of ether oxygens (including phenoxy) is 2. The van der Waals surface area contributed by atoms with Crippen molar-refractivity contribution in [2.75, 3.05) is 13.2 Å². The van der Waals surface area contributed by atoms with Crippen molar-refractivity contribution in [3.63, 3.8) is 0 Å². The van der Waals surface area contributed by atoms with Gasteiger partial charge in [0.15, 0.2) is 0 Å². The summed E-state index contributed by atoms with van der Waals surface area (Å²) in [5, 5.41) is 0. The lowest BCUT2D eigenvalue weighted by Crippen LogP contribution is -2.42. The number of carbonyl (C=O) groups excluding carboxylic acids is 2. The van der Waals surface area contributed by atoms with E-state index >= 15 is 0 Å². The molecule has 0 heterocycles. The quantitative estimate of drug-likeness (QED) is 0.0463. The Hall–Kier alpha value is -1.06. The van der Waals surface area contributed by atoms with Crippen LogP contribution in [-0.4, -0.2) is 25.2 Å². The summed E-state index contributed by atoms with van der Waals surface area (Å²) in [7, 11) is 0. The summed E-state index contributed by atoms with van der Waals surface area (Å²) >= 11 is 0. The fourth-order valence-corrected chi connectivity index (χ4v) is 8.20. The molecule has 0 atom stereocenters. The molecule has 0 saturated heterocycles. The summed E-state index contributed by atoms with van der Waals surface area (Å²) in [6, 6.07) is 0. The van der Waals surface area contributed by atoms with Crippen molar-refractivity contribution in [2.24, 2.45) is 17.3 Å². The maximum atomic E-state index is 13.5. The monoisotopic (exact) mass is 735 g/mol. The summed E-state index contributed by atoms with van der Waals surface area (Å²) in [6.07, 6.45) is 44.6. The van der Waals surface area contributed by atoms with Gasteiger partial charge in [-0.1, -0.05) is 234 Å². The molecule has 0 aromatic carbocycles. The Labute approximate surface area is 326 Å². The van der Waals surface area contributed by atoms with Gasteiger partial charge in [0.2, 0.25) is 0 Å². The Bertz CT molecular complexity index is 751. The van der Waals surface area contributed by atoms with Crippen LogP contribution in [0.25, 0.3) is 0 Å². The topological polar surface area (TPSA) is 52.6 Å². The van der Waals surface area contributed by atoms with Crippen LogP contribution in [0, 0.1) is 17.3 Å². The fourth-order valence-electron chi connectivity index (χ4n) is 8.20. The molecule has 0 aromatic rings. The molecule has 0 spiro atoms. The van der Waals surface area contributed by atoms with E-state index in [9.17, 15) is 9.59 Å². The van der Waals surface area contributed by atoms with Gasteiger partial charge in [-0.15, -0.1) is 0 Å². The maximum absolute atomic E-state index is 13.5. The van der Waals surface area contributed by atoms with Gasteiger partial charge in [0.25, 0.3) is 0 Å². The van der Waals surface area contributed by atoms with Crippen LogP contribution < -0.4 is 0 Å². The van der Waals surface area contributed by atoms with Crippen LogP contribution >= 0.6 is 0 Å². The fraction of sp³-hybridized carbons (Fsp3) is 0.958. The molecule has 310 valence electrons. The number of esters is 2. The van der Waals surface area contributed by atoms with Crippen molar-refractivity contribution < 1.29 is 19.1 Å². The zero-order valence-corrected chi connectivity index (χ0v) is 36.5. The zero-order valence-electron chi connectivity index (χ0n) is 36.5. The number of hydrogen-bond acceptors (Lipinski definition) is 4. The summed E-state index contributed by atoms with van der Waals surface area (Å²) in [4.78, 5) is 26.0. The number of carbonyl (C=O) groups is 2. The van der Waals surface area contributed by atoms with Crippen LogP contribution in [0.5, 0.6) is 0 Å². The highest BCUT2D eigenvalue weighted by molar-refractivity contribution is 5.77. The minimum Gasteiger partial charge on any atom is -0.466 e. The van der Waals surface area contributed by atoms with Crippen molar-refractivity contribution in [1.82, 2.24) is 0 Å². The van der Waals surface area contributed by atoms with Gasteiger partial charge in [-0.2, -0.15) is 0 Å². The normalized spacial score (nSPS) is 11.9. The van der Waals surface area contributed by atoms with Crippen molar-refractivity contribution >= 4 is 11.9 Å². The van der Waals surface area contributed by atoms with E-state index in [1.54, 1.807) is 0 Å². The standard InChI is InChI=1S/C48H94O4/c1-7-9-11-13-15-17-19-21-23-25-27-29-31-33-35-37-42-51-46(49)40-39-41-48(44(3)4,45(5)6)47(50)52-43-38-36-34-32-30-28-26-24-22-20-18-16-14-12-10-8-2/h44-45H,7-43H2,1-6H3. The molecule has 0 saturated carbocycles. The van der Waals surface area contributed by atoms with E-state index in [0.29, 0.717) is 32.5 Å². The second-order valence-electron chi connectivity index (χ2n) is 17.2. The lowest BCUT2D eigenvalue weighted by atomic mass is 9.66. The first-order chi connectivity index (χ1) is 25.3. The van der Waals surface area contributed by atoms with E-state index in [1.807, 2.05) is 0 Å². The van der Waals surface area contributed by atoms with E-state index in [0.717, 1.165) is 25.7 Å². The van der Waals surface area contributed by atoms with Gasteiger partial charge < -0.3 is 9.47 Å². The number of hydrogen-bond donors (Lipinski definition) is 0. The maximum Gasteiger partial charge on any atom is 0.312 e. The van der Waals surface area contributed by atoms with Gasteiger partial charge >= 0.3 is 11.9 Å². The highest BCUT2D eigenvalue weighted by atomic mass is 16.5. The highest BCUT2D eigenvalue weighted by Crippen LogP contribution is 2.42. The first-order valence-corrected chi connectivity index (χ1v) is 23.7. The number of rotatable bonds is 41. The van der Waals surface area contributed by atoms with Crippen molar-refractivity contribution in [3.05, 3.63) is 0 Å². The first kappa shape index (κ1) is 50.9. The van der Waals surface area contributed by atoms with Gasteiger partial charge in [0, 0.05) is 6.42 Å². The van der Waals surface area contributed by atoms with Crippen molar-refractivity contribution in [2.45, 2.75) is 266 Å². The molecule has 4 nitrogen and oxygen atoms in total. The van der Waals surface area contributed by atoms with Gasteiger partial charge in [-0.25, -0.2) is 0 Å². The smallest absolute Gasteiger partial charge is 0.312 e. The molecular formula is C48H94O4. The SMILES string of the molecule is CCCCCCCCCCCCCCCCCCOC(=O)CCCC(C(=O)OCCCCCCCCCCCCCCCCCC)(C(C)C)C(C)C. The minimum atomic E-state index is -0.552. The average molecular weight is 735 g/mol. The van der Waals surface area contributed by atoms with E-state index < -0.39 is 5.41 Å². The lowest BCUT2D eigenvalue weighted by Gasteiger charge is -2.39. The van der Waals surface area contributed by atoms with Crippen LogP contribution in [0.3, 0.4) is 0 Å². The molecule has 52 heavy (non-hydrogen) atoms. The predicted molar refractivity (Wildman–Crippen MR) is 227 cm³/mol. The molecule has 0 aromatic heterocycles. The van der Waals surface area contributed by atoms with Gasteiger partial charge in [-0.3, -0.25) is 9.59 Å². The highest BCUT2D eigenvalue weighted by Gasteiger charge is 2.45. The van der Waals surface area contributed by atoms with Crippen LogP contribution in [0.4, 0.5) is 0 Å². The Morgan fingerprint density at radius 1 is 0.385 bits per heavy atom. The Balaban J connectivity index is 3.91. The summed E-state index contributed by atoms with van der Waals surface area (Å²) in [5.41, 5.74) is -0.552. The minimum absolute atomic E-state index is 0.0695. The van der Waals surface area contributed by atoms with E-state index in [1.165, 1.54) is 180 Å². The van der Waals surface area contributed by atoms with Crippen molar-refractivity contribution in [1.29, 1.82) is 0 Å². The molecule has 0 radical (unpaired) electrons. The van der Waals surface area contributed by atoms with Crippen molar-refractivity contribution in [3.8, 4) is 0 Å². The van der Waals surface area contributed by atoms with Crippen LogP contribution in [-0.2, 0) is 19.1 Å². The third-order valence-corrected chi connectivity index (χ3v) is 11.9. The molecule has 0 aliphatic rings. The summed E-state index contributed by atoms with van der Waals surface area (Å²) < 4.78 is 11.5. The van der Waals surface area contributed by atoms with Gasteiger partial charge in [0.1, 0.15) is 0 Å². The molecule has 0 amide bonds. The summed E-state index contributed by atoms with van der Waals surface area (Å²) in [6.45, 7) is 14.1. The first-order valence-electron chi connectivity index (χ1n) is 23.7. The van der Waals surface area contributed by atoms with Crippen LogP contribution in [0.2, 0.25) is 0 Å². The van der Waals surface area contributed by atoms with E-state index in [2.05, 4.69) is 41.5 Å².